The number of aromatic nitrogens is 2. The summed E-state index contributed by atoms with van der Waals surface area (Å²) in [5.41, 5.74) is 7.14. The van der Waals surface area contributed by atoms with Gasteiger partial charge in [0, 0.05) is 24.4 Å². The predicted octanol–water partition coefficient (Wildman–Crippen LogP) is 2.66. The Morgan fingerprint density at radius 2 is 2.06 bits per heavy atom. The van der Waals surface area contributed by atoms with Crippen molar-refractivity contribution in [3.05, 3.63) is 23.8 Å². The molecule has 4 unspecified atom stereocenters. The standard InChI is InChI=1S/C15H23N3/c1-2-13(16)6-11-8-17-15(18-9-11)14-7-10-3-4-12(14)5-10/h8-10,12-14H,2-7,16H2,1H3. The van der Waals surface area contributed by atoms with Crippen LogP contribution >= 0.6 is 0 Å². The van der Waals surface area contributed by atoms with Crippen LogP contribution < -0.4 is 5.73 Å². The summed E-state index contributed by atoms with van der Waals surface area (Å²) >= 11 is 0. The third kappa shape index (κ3) is 2.28. The van der Waals surface area contributed by atoms with Crippen molar-refractivity contribution in [2.75, 3.05) is 0 Å². The lowest BCUT2D eigenvalue weighted by atomic mass is 9.88. The third-order valence-electron chi connectivity index (χ3n) is 4.82. The molecule has 0 aliphatic heterocycles. The summed E-state index contributed by atoms with van der Waals surface area (Å²) in [6.45, 7) is 2.12. The van der Waals surface area contributed by atoms with E-state index in [9.17, 15) is 0 Å². The molecule has 4 atom stereocenters. The van der Waals surface area contributed by atoms with Gasteiger partial charge in [-0.3, -0.25) is 0 Å². The third-order valence-corrected chi connectivity index (χ3v) is 4.82. The number of fused-ring (bicyclic) bond motifs is 2. The highest BCUT2D eigenvalue weighted by Gasteiger charge is 2.41. The van der Waals surface area contributed by atoms with E-state index in [1.807, 2.05) is 12.4 Å². The largest absolute Gasteiger partial charge is 0.327 e. The second-order valence-corrected chi connectivity index (χ2v) is 6.10. The van der Waals surface area contributed by atoms with E-state index in [4.69, 9.17) is 5.73 Å². The maximum atomic E-state index is 5.96. The zero-order valence-corrected chi connectivity index (χ0v) is 11.2. The van der Waals surface area contributed by atoms with Crippen LogP contribution in [0.4, 0.5) is 0 Å². The van der Waals surface area contributed by atoms with Crippen LogP contribution in [-0.2, 0) is 6.42 Å². The van der Waals surface area contributed by atoms with Gasteiger partial charge in [0.15, 0.2) is 0 Å². The highest BCUT2D eigenvalue weighted by Crippen LogP contribution is 2.51. The molecule has 1 aromatic rings. The molecule has 0 radical (unpaired) electrons. The minimum atomic E-state index is 0.238. The van der Waals surface area contributed by atoms with Crippen LogP contribution in [-0.4, -0.2) is 16.0 Å². The van der Waals surface area contributed by atoms with Crippen LogP contribution in [0.3, 0.4) is 0 Å². The second-order valence-electron chi connectivity index (χ2n) is 6.10. The molecule has 1 aromatic heterocycles. The summed E-state index contributed by atoms with van der Waals surface area (Å²) < 4.78 is 0. The van der Waals surface area contributed by atoms with E-state index in [0.717, 1.165) is 30.5 Å². The van der Waals surface area contributed by atoms with Gasteiger partial charge in [0.2, 0.25) is 0 Å². The van der Waals surface area contributed by atoms with Gasteiger partial charge >= 0.3 is 0 Å². The first kappa shape index (κ1) is 12.1. The maximum absolute atomic E-state index is 5.96. The molecule has 3 rings (SSSR count). The van der Waals surface area contributed by atoms with Crippen molar-refractivity contribution in [1.82, 2.24) is 9.97 Å². The van der Waals surface area contributed by atoms with Crippen LogP contribution in [0.5, 0.6) is 0 Å². The normalized spacial score (nSPS) is 31.8. The van der Waals surface area contributed by atoms with Crippen LogP contribution in [0.25, 0.3) is 0 Å². The number of hydrogen-bond acceptors (Lipinski definition) is 3. The molecule has 2 saturated carbocycles. The molecule has 0 aromatic carbocycles. The molecule has 2 bridgehead atoms. The summed E-state index contributed by atoms with van der Waals surface area (Å²) in [7, 11) is 0. The van der Waals surface area contributed by atoms with E-state index in [1.165, 1.54) is 31.2 Å². The fraction of sp³-hybridized carbons (Fsp3) is 0.733. The molecule has 2 aliphatic rings. The summed E-state index contributed by atoms with van der Waals surface area (Å²) in [5, 5.41) is 0. The van der Waals surface area contributed by atoms with Crippen molar-refractivity contribution in [1.29, 1.82) is 0 Å². The van der Waals surface area contributed by atoms with E-state index in [-0.39, 0.29) is 6.04 Å². The minimum absolute atomic E-state index is 0.238. The summed E-state index contributed by atoms with van der Waals surface area (Å²) in [6.07, 6.45) is 11.4. The van der Waals surface area contributed by atoms with Gasteiger partial charge in [-0.25, -0.2) is 9.97 Å². The first-order chi connectivity index (χ1) is 8.76. The van der Waals surface area contributed by atoms with Gasteiger partial charge in [0.1, 0.15) is 5.82 Å². The molecule has 2 N–H and O–H groups in total. The van der Waals surface area contributed by atoms with Crippen LogP contribution in [0, 0.1) is 11.8 Å². The highest BCUT2D eigenvalue weighted by molar-refractivity contribution is 5.12. The maximum Gasteiger partial charge on any atom is 0.131 e. The summed E-state index contributed by atoms with van der Waals surface area (Å²) in [6, 6.07) is 0.238. The van der Waals surface area contributed by atoms with Crippen molar-refractivity contribution in [3.63, 3.8) is 0 Å². The van der Waals surface area contributed by atoms with E-state index < -0.39 is 0 Å². The van der Waals surface area contributed by atoms with E-state index in [0.29, 0.717) is 5.92 Å². The number of nitrogens with zero attached hydrogens (tertiary/aromatic N) is 2. The van der Waals surface area contributed by atoms with Crippen molar-refractivity contribution in [3.8, 4) is 0 Å². The van der Waals surface area contributed by atoms with Crippen molar-refractivity contribution < 1.29 is 0 Å². The van der Waals surface area contributed by atoms with Crippen LogP contribution in [0.15, 0.2) is 12.4 Å². The van der Waals surface area contributed by atoms with Crippen molar-refractivity contribution in [2.24, 2.45) is 17.6 Å². The average Bonchev–Trinajstić information content (AvgIpc) is 3.02. The molecule has 3 heteroatoms. The molecular formula is C15H23N3. The molecule has 0 amide bonds. The van der Waals surface area contributed by atoms with Gasteiger partial charge in [-0.1, -0.05) is 13.3 Å². The Morgan fingerprint density at radius 1 is 1.28 bits per heavy atom. The van der Waals surface area contributed by atoms with Gasteiger partial charge in [-0.05, 0) is 49.5 Å². The smallest absolute Gasteiger partial charge is 0.131 e. The fourth-order valence-corrected chi connectivity index (χ4v) is 3.67. The summed E-state index contributed by atoms with van der Waals surface area (Å²) in [4.78, 5) is 9.20. The first-order valence-electron chi connectivity index (χ1n) is 7.32. The Kier molecular flexibility index (Phi) is 3.33. The van der Waals surface area contributed by atoms with Gasteiger partial charge in [-0.15, -0.1) is 0 Å². The van der Waals surface area contributed by atoms with E-state index >= 15 is 0 Å². The Balaban J connectivity index is 1.68. The van der Waals surface area contributed by atoms with Crippen molar-refractivity contribution >= 4 is 0 Å². The molecule has 18 heavy (non-hydrogen) atoms. The molecular weight excluding hydrogens is 222 g/mol. The van der Waals surface area contributed by atoms with Gasteiger partial charge in [-0.2, -0.15) is 0 Å². The molecule has 2 aliphatic carbocycles. The molecule has 3 nitrogen and oxygen atoms in total. The predicted molar refractivity (Wildman–Crippen MR) is 72.2 cm³/mol. The topological polar surface area (TPSA) is 51.8 Å². The van der Waals surface area contributed by atoms with Gasteiger partial charge < -0.3 is 5.73 Å². The zero-order valence-electron chi connectivity index (χ0n) is 11.2. The molecule has 0 spiro atoms. The lowest BCUT2D eigenvalue weighted by Gasteiger charge is -2.20. The minimum Gasteiger partial charge on any atom is -0.327 e. The molecule has 98 valence electrons. The van der Waals surface area contributed by atoms with Gasteiger partial charge in [0.05, 0.1) is 0 Å². The van der Waals surface area contributed by atoms with Crippen molar-refractivity contribution in [2.45, 2.75) is 57.4 Å². The number of hydrogen-bond donors (Lipinski definition) is 1. The Morgan fingerprint density at radius 3 is 2.61 bits per heavy atom. The molecule has 1 heterocycles. The lowest BCUT2D eigenvalue weighted by Crippen LogP contribution is -2.21. The van der Waals surface area contributed by atoms with E-state index in [1.54, 1.807) is 0 Å². The van der Waals surface area contributed by atoms with Crippen LogP contribution in [0.1, 0.15) is 56.3 Å². The SMILES string of the molecule is CCC(N)Cc1cnc(C2CC3CCC2C3)nc1. The summed E-state index contributed by atoms with van der Waals surface area (Å²) in [5.74, 6) is 3.53. The number of rotatable bonds is 4. The Bertz CT molecular complexity index is 401. The van der Waals surface area contributed by atoms with Crippen LogP contribution in [0.2, 0.25) is 0 Å². The highest BCUT2D eigenvalue weighted by atomic mass is 14.9. The van der Waals surface area contributed by atoms with E-state index in [2.05, 4.69) is 16.9 Å². The molecule has 2 fully saturated rings. The monoisotopic (exact) mass is 245 g/mol. The Hall–Kier alpha value is -0.960. The first-order valence-corrected chi connectivity index (χ1v) is 7.32. The number of nitrogens with two attached hydrogens (primary N) is 1. The lowest BCUT2D eigenvalue weighted by molar-refractivity contribution is 0.405. The zero-order chi connectivity index (χ0) is 12.5. The molecule has 0 saturated heterocycles. The van der Waals surface area contributed by atoms with Gasteiger partial charge in [0.25, 0.3) is 0 Å². The average molecular weight is 245 g/mol. The Labute approximate surface area is 109 Å². The fourth-order valence-electron chi connectivity index (χ4n) is 3.67. The quantitative estimate of drug-likeness (QED) is 0.887. The second kappa shape index (κ2) is 4.96.